The number of hydrogen-bond donors (Lipinski definition) is 2. The van der Waals surface area contributed by atoms with Crippen molar-refractivity contribution in [3.8, 4) is 0 Å². The molecule has 0 aromatic rings. The summed E-state index contributed by atoms with van der Waals surface area (Å²) in [4.78, 5) is 0. The molecule has 2 heterocycles. The van der Waals surface area contributed by atoms with Gasteiger partial charge in [0.25, 0.3) is 0 Å². The highest BCUT2D eigenvalue weighted by Crippen LogP contribution is 2.69. The minimum Gasteiger partial charge on any atom is -0.393 e. The smallest absolute Gasteiger partial charge is 0.154 e. The molecular formula is C15H24O4. The first-order valence-corrected chi connectivity index (χ1v) is 7.61. The molecule has 2 saturated carbocycles. The topological polar surface area (TPSA) is 62.2 Å². The van der Waals surface area contributed by atoms with Crippen molar-refractivity contribution in [3.05, 3.63) is 0 Å². The molecule has 0 bridgehead atoms. The lowest BCUT2D eigenvalue weighted by Crippen LogP contribution is -2.59. The van der Waals surface area contributed by atoms with Crippen molar-refractivity contribution < 1.29 is 19.7 Å². The zero-order valence-electron chi connectivity index (χ0n) is 11.8. The van der Waals surface area contributed by atoms with Gasteiger partial charge < -0.3 is 19.7 Å². The number of epoxide rings is 1. The summed E-state index contributed by atoms with van der Waals surface area (Å²) < 4.78 is 11.9. The van der Waals surface area contributed by atoms with Gasteiger partial charge in [0.05, 0.1) is 25.4 Å². The lowest BCUT2D eigenvalue weighted by atomic mass is 9.52. The largest absolute Gasteiger partial charge is 0.393 e. The number of hydrogen-bond acceptors (Lipinski definition) is 4. The van der Waals surface area contributed by atoms with E-state index in [2.05, 4.69) is 13.8 Å². The fourth-order valence-electron chi connectivity index (χ4n) is 5.33. The molecule has 1 spiro atoms. The number of aliphatic hydroxyl groups excluding tert-OH is 1. The molecule has 4 rings (SSSR count). The van der Waals surface area contributed by atoms with E-state index in [9.17, 15) is 10.2 Å². The first-order valence-electron chi connectivity index (χ1n) is 7.61. The van der Waals surface area contributed by atoms with Gasteiger partial charge >= 0.3 is 0 Å². The molecule has 4 fully saturated rings. The number of rotatable bonds is 1. The molecule has 2 N–H and O–H groups in total. The number of fused-ring (bicyclic) bond motifs is 2. The molecule has 0 aromatic carbocycles. The van der Waals surface area contributed by atoms with Crippen LogP contribution in [0.15, 0.2) is 0 Å². The summed E-state index contributed by atoms with van der Waals surface area (Å²) in [5.41, 5.74) is -1.70. The van der Waals surface area contributed by atoms with Crippen LogP contribution in [0.3, 0.4) is 0 Å². The Morgan fingerprint density at radius 2 is 2.11 bits per heavy atom. The highest BCUT2D eigenvalue weighted by molar-refractivity contribution is 5.30. The van der Waals surface area contributed by atoms with Crippen LogP contribution >= 0.6 is 0 Å². The Balaban J connectivity index is 1.75. The predicted octanol–water partition coefficient (Wildman–Crippen LogP) is 1.09. The molecule has 1 unspecified atom stereocenters. The van der Waals surface area contributed by atoms with Gasteiger partial charge in [0.15, 0.2) is 5.60 Å². The van der Waals surface area contributed by atoms with E-state index in [1.54, 1.807) is 0 Å². The third-order valence-corrected chi connectivity index (χ3v) is 6.83. The zero-order chi connectivity index (χ0) is 13.5. The normalized spacial score (nSPS) is 63.2. The highest BCUT2D eigenvalue weighted by Gasteiger charge is 2.83. The number of ether oxygens (including phenoxy) is 2. The van der Waals surface area contributed by atoms with E-state index in [-0.39, 0.29) is 30.8 Å². The Hall–Kier alpha value is -0.160. The van der Waals surface area contributed by atoms with Gasteiger partial charge in [0.1, 0.15) is 5.60 Å². The molecule has 0 radical (unpaired) electrons. The second-order valence-electron chi connectivity index (χ2n) is 7.41. The molecule has 4 heteroatoms. The summed E-state index contributed by atoms with van der Waals surface area (Å²) >= 11 is 0. The standard InChI is InChI=1S/C15H24O4/c1-9-4-3-5-10-6-11-15(12(19-15)13(9,10)2)14(17,7-16)8-18-11/h9-12,16-17H,3-8H2,1-2H3/t9-,10+,11-,12-,13+,14+,15?/m0/s1. The van der Waals surface area contributed by atoms with Crippen molar-refractivity contribution in [2.75, 3.05) is 13.2 Å². The van der Waals surface area contributed by atoms with Crippen molar-refractivity contribution in [3.63, 3.8) is 0 Å². The first kappa shape index (κ1) is 12.6. The Bertz CT molecular complexity index is 413. The van der Waals surface area contributed by atoms with E-state index in [1.807, 2.05) is 0 Å². The monoisotopic (exact) mass is 268 g/mol. The van der Waals surface area contributed by atoms with Gasteiger partial charge in [-0.2, -0.15) is 0 Å². The van der Waals surface area contributed by atoms with E-state index < -0.39 is 11.2 Å². The Morgan fingerprint density at radius 1 is 1.32 bits per heavy atom. The minimum atomic E-state index is -1.20. The summed E-state index contributed by atoms with van der Waals surface area (Å²) in [5.74, 6) is 1.24. The molecular weight excluding hydrogens is 244 g/mol. The molecule has 0 aromatic heterocycles. The predicted molar refractivity (Wildman–Crippen MR) is 68.6 cm³/mol. The van der Waals surface area contributed by atoms with Crippen LogP contribution in [-0.4, -0.2) is 46.8 Å². The highest BCUT2D eigenvalue weighted by atomic mass is 16.7. The average Bonchev–Trinajstić information content (AvgIpc) is 3.11. The van der Waals surface area contributed by atoms with E-state index in [0.29, 0.717) is 11.8 Å². The molecule has 4 nitrogen and oxygen atoms in total. The summed E-state index contributed by atoms with van der Waals surface area (Å²) in [7, 11) is 0. The molecule has 2 aliphatic heterocycles. The van der Waals surface area contributed by atoms with Gasteiger partial charge in [-0.3, -0.25) is 0 Å². The summed E-state index contributed by atoms with van der Waals surface area (Å²) in [6, 6.07) is 0. The van der Waals surface area contributed by atoms with Crippen molar-refractivity contribution in [2.24, 2.45) is 17.3 Å². The summed E-state index contributed by atoms with van der Waals surface area (Å²) in [6.07, 6.45) is 4.77. The van der Waals surface area contributed by atoms with Crippen LogP contribution in [0.1, 0.15) is 39.5 Å². The van der Waals surface area contributed by atoms with Crippen LogP contribution in [0, 0.1) is 17.3 Å². The Morgan fingerprint density at radius 3 is 2.84 bits per heavy atom. The van der Waals surface area contributed by atoms with Gasteiger partial charge in [0.2, 0.25) is 0 Å². The quantitative estimate of drug-likeness (QED) is 0.699. The molecule has 2 saturated heterocycles. The third kappa shape index (κ3) is 1.21. The second-order valence-corrected chi connectivity index (χ2v) is 7.41. The SMILES string of the molecule is C[C@H]1CCC[C@@H]2C[C@@H]3OC[C@](O)(CO)C34O[C@H]4[C@@]21C. The molecule has 0 amide bonds. The third-order valence-electron chi connectivity index (χ3n) is 6.83. The maximum Gasteiger partial charge on any atom is 0.154 e. The lowest BCUT2D eigenvalue weighted by Gasteiger charge is -2.50. The van der Waals surface area contributed by atoms with E-state index in [4.69, 9.17) is 9.47 Å². The van der Waals surface area contributed by atoms with Gasteiger partial charge in [-0.1, -0.05) is 26.7 Å². The van der Waals surface area contributed by atoms with Gasteiger partial charge in [-0.05, 0) is 24.7 Å². The van der Waals surface area contributed by atoms with Crippen molar-refractivity contribution >= 4 is 0 Å². The van der Waals surface area contributed by atoms with E-state index >= 15 is 0 Å². The molecule has 2 aliphatic carbocycles. The van der Waals surface area contributed by atoms with Gasteiger partial charge in [-0.25, -0.2) is 0 Å². The van der Waals surface area contributed by atoms with Crippen LogP contribution in [0.4, 0.5) is 0 Å². The van der Waals surface area contributed by atoms with Gasteiger partial charge in [0, 0.05) is 5.41 Å². The van der Waals surface area contributed by atoms with Crippen LogP contribution in [0.25, 0.3) is 0 Å². The van der Waals surface area contributed by atoms with Gasteiger partial charge in [-0.15, -0.1) is 0 Å². The van der Waals surface area contributed by atoms with Crippen LogP contribution in [-0.2, 0) is 9.47 Å². The summed E-state index contributed by atoms with van der Waals surface area (Å²) in [6.45, 7) is 4.58. The Labute approximate surface area is 114 Å². The first-order chi connectivity index (χ1) is 8.99. The average molecular weight is 268 g/mol. The lowest BCUT2D eigenvalue weighted by molar-refractivity contribution is -0.0649. The van der Waals surface area contributed by atoms with Crippen molar-refractivity contribution in [2.45, 2.75) is 62.9 Å². The summed E-state index contributed by atoms with van der Waals surface area (Å²) in [5, 5.41) is 20.3. The van der Waals surface area contributed by atoms with Crippen molar-refractivity contribution in [1.82, 2.24) is 0 Å². The molecule has 7 atom stereocenters. The number of aliphatic hydroxyl groups is 2. The van der Waals surface area contributed by atoms with Crippen LogP contribution in [0.2, 0.25) is 0 Å². The van der Waals surface area contributed by atoms with Crippen LogP contribution < -0.4 is 0 Å². The van der Waals surface area contributed by atoms with E-state index in [0.717, 1.165) is 6.42 Å². The fraction of sp³-hybridized carbons (Fsp3) is 1.00. The Kier molecular flexibility index (Phi) is 2.34. The minimum absolute atomic E-state index is 0.0296. The van der Waals surface area contributed by atoms with Crippen molar-refractivity contribution in [1.29, 1.82) is 0 Å². The maximum atomic E-state index is 10.7. The maximum absolute atomic E-state index is 10.7. The second kappa shape index (κ2) is 3.53. The molecule has 19 heavy (non-hydrogen) atoms. The zero-order valence-corrected chi connectivity index (χ0v) is 11.8. The van der Waals surface area contributed by atoms with Crippen LogP contribution in [0.5, 0.6) is 0 Å². The fourth-order valence-corrected chi connectivity index (χ4v) is 5.33. The molecule has 4 aliphatic rings. The van der Waals surface area contributed by atoms with E-state index in [1.165, 1.54) is 19.3 Å². The molecule has 108 valence electrons.